The number of carbonyl (C=O) groups is 6. The van der Waals surface area contributed by atoms with Crippen molar-refractivity contribution in [3.05, 3.63) is 184 Å². The number of urea groups is 2. The Hall–Kier alpha value is -9.14. The molecule has 2 N–H and O–H groups in total. The summed E-state index contributed by atoms with van der Waals surface area (Å²) in [5.74, 6) is -1.43. The minimum atomic E-state index is -0.863. The van der Waals surface area contributed by atoms with Gasteiger partial charge in [-0.15, -0.1) is 45.3 Å². The number of benzene rings is 2. The van der Waals surface area contributed by atoms with Crippen LogP contribution in [0.1, 0.15) is 67.9 Å². The van der Waals surface area contributed by atoms with Gasteiger partial charge in [0.2, 0.25) is 0 Å². The van der Waals surface area contributed by atoms with Crippen LogP contribution in [-0.2, 0) is 19.1 Å². The molecular weight excluding hydrogens is 1360 g/mol. The second-order valence-electron chi connectivity index (χ2n) is 22.7. The van der Waals surface area contributed by atoms with Crippen molar-refractivity contribution in [2.24, 2.45) is 9.98 Å². The number of aliphatic imine (C=N–C) groups is 2. The zero-order valence-electron chi connectivity index (χ0n) is 51.4. The molecule has 0 saturated carbocycles. The fraction of sp³-hybridized carbons (Fsp3) is 0.281. The van der Waals surface area contributed by atoms with Gasteiger partial charge in [0.05, 0.1) is 61.9 Å². The number of anilines is 2. The van der Waals surface area contributed by atoms with E-state index in [0.717, 1.165) is 5.56 Å². The van der Waals surface area contributed by atoms with Crippen molar-refractivity contribution < 1.29 is 47.0 Å². The van der Waals surface area contributed by atoms with Crippen LogP contribution >= 0.6 is 68.5 Å². The van der Waals surface area contributed by atoms with Crippen LogP contribution in [0.15, 0.2) is 139 Å². The highest BCUT2D eigenvalue weighted by Gasteiger charge is 2.46. The molecule has 0 radical (unpaired) electrons. The van der Waals surface area contributed by atoms with Crippen LogP contribution in [0.5, 0.6) is 0 Å². The molecule has 24 nitrogen and oxygen atoms in total. The molecule has 0 spiro atoms. The molecule has 6 aliphatic rings. The van der Waals surface area contributed by atoms with Gasteiger partial charge in [-0.1, -0.05) is 35.3 Å². The third-order valence-corrected chi connectivity index (χ3v) is 20.7. The van der Waals surface area contributed by atoms with Crippen LogP contribution < -0.4 is 20.4 Å². The van der Waals surface area contributed by atoms with E-state index in [1.165, 1.54) is 116 Å². The number of Topliss-reactive ketones (excluding diaryl/α,β-unsaturated/α-hetero) is 2. The van der Waals surface area contributed by atoms with Gasteiger partial charge in [0, 0.05) is 149 Å². The number of methoxy groups -OCH3 is 2. The molecular formula is C64H56Cl2F2N16O8S4. The van der Waals surface area contributed by atoms with E-state index < -0.39 is 35.7 Å². The number of amidine groups is 2. The van der Waals surface area contributed by atoms with Gasteiger partial charge in [0.1, 0.15) is 35.1 Å². The molecule has 0 aliphatic carbocycles. The zero-order valence-corrected chi connectivity index (χ0v) is 56.2. The van der Waals surface area contributed by atoms with E-state index in [0.29, 0.717) is 148 Å². The number of esters is 2. The number of rotatable bonds is 16. The average molecular weight is 1410 g/mol. The highest BCUT2D eigenvalue weighted by molar-refractivity contribution is 7.14. The molecule has 6 aliphatic heterocycles. The van der Waals surface area contributed by atoms with E-state index in [1.54, 1.807) is 52.7 Å². The predicted octanol–water partition coefficient (Wildman–Crippen LogP) is 9.60. The van der Waals surface area contributed by atoms with Crippen molar-refractivity contribution in [1.29, 1.82) is 0 Å². The maximum Gasteiger partial charge on any atom is 0.338 e. The van der Waals surface area contributed by atoms with E-state index in [1.807, 2.05) is 31.3 Å². The standard InChI is InChI=1S/2C32H28ClFN8O4S2/c1-17(43)23-6-3-18(12-36-23)25-16-48-31(38-25)42-14-20-13-40(8-9-41(20)32(42)45)15-24-26(30(44)46-2)27(21-5-4-19(34)11-22(21)33)39-28(37-24)29-35-7-10-47-29;1-17(43)18-3-6-23(36-12-18)25-16-48-31(38-25)42-14-20-13-40(8-9-41(20)32(42)45)15-24-26(30(44)46-2)27(21-5-4-19(34)11-22(21)33)39-28(37-24)29-35-7-10-47-29/h2*3-7,10-12,16,20,27H,8-9,13-15H2,1-2H3,(H,37,39)/t2*20-,27-/m00/s1. The lowest BCUT2D eigenvalue weighted by Crippen LogP contribution is -2.53. The number of ketones is 2. The smallest absolute Gasteiger partial charge is 0.338 e. The van der Waals surface area contributed by atoms with Gasteiger partial charge in [-0.3, -0.25) is 49.1 Å². The molecule has 14 rings (SSSR count). The van der Waals surface area contributed by atoms with Crippen molar-refractivity contribution in [2.45, 2.75) is 38.0 Å². The Morgan fingerprint density at radius 3 is 1.52 bits per heavy atom. The third-order valence-electron chi connectivity index (χ3n) is 16.8. The lowest BCUT2D eigenvalue weighted by atomic mass is 9.95. The van der Waals surface area contributed by atoms with E-state index in [4.69, 9.17) is 52.6 Å². The largest absolute Gasteiger partial charge is 0.466 e. The number of carbonyl (C=O) groups excluding carboxylic acids is 6. The summed E-state index contributed by atoms with van der Waals surface area (Å²) < 4.78 is 38.4. The molecule has 492 valence electrons. The first-order chi connectivity index (χ1) is 46.4. The SMILES string of the molecule is COC(=O)C1=C(CN2CCN3C(=O)N(c4nc(-c5ccc(C(C)=O)cn5)cs4)C[C@@H]3C2)NC(c2nccs2)=N[C@H]1c1ccc(F)cc1Cl.COC(=O)C1=C(CN2CCN3C(=O)N(c4nc(-c5ccc(C(C)=O)nc5)cs4)C[C@@H]3C2)NC(c2nccs2)=N[C@H]1c1ccc(F)cc1Cl. The summed E-state index contributed by atoms with van der Waals surface area (Å²) in [6.45, 7) is 7.64. The van der Waals surface area contributed by atoms with E-state index >= 15 is 0 Å². The molecule has 96 heavy (non-hydrogen) atoms. The summed E-state index contributed by atoms with van der Waals surface area (Å²) in [7, 11) is 2.60. The number of aromatic nitrogens is 6. The molecule has 4 atom stereocenters. The quantitative estimate of drug-likeness (QED) is 0.0673. The number of hydrogen-bond acceptors (Lipinski definition) is 24. The molecule has 4 saturated heterocycles. The number of nitrogens with one attached hydrogen (secondary N) is 2. The Morgan fingerprint density at radius 2 is 1.09 bits per heavy atom. The topological polar surface area (TPSA) is 266 Å². The molecule has 2 aromatic carbocycles. The summed E-state index contributed by atoms with van der Waals surface area (Å²) in [5, 5.41) is 16.7. The van der Waals surface area contributed by atoms with Gasteiger partial charge in [-0.05, 0) is 55.5 Å². The minimum Gasteiger partial charge on any atom is -0.466 e. The van der Waals surface area contributed by atoms with Gasteiger partial charge in [-0.25, -0.2) is 47.9 Å². The molecule has 4 fully saturated rings. The fourth-order valence-electron chi connectivity index (χ4n) is 12.1. The number of hydrogen-bond donors (Lipinski definition) is 2. The maximum absolute atomic E-state index is 14.0. The van der Waals surface area contributed by atoms with Gasteiger partial charge in [-0.2, -0.15) is 0 Å². The number of piperazine rings is 2. The van der Waals surface area contributed by atoms with Crippen LogP contribution in [-0.4, -0.2) is 188 Å². The maximum atomic E-state index is 14.0. The average Bonchev–Trinajstić information content (AvgIpc) is 1.23. The van der Waals surface area contributed by atoms with Crippen molar-refractivity contribution >= 4 is 126 Å². The number of amides is 4. The van der Waals surface area contributed by atoms with Gasteiger partial charge in [0.15, 0.2) is 43.5 Å². The molecule has 4 amide bonds. The normalized spacial score (nSPS) is 19.7. The second-order valence-corrected chi connectivity index (χ2v) is 27.0. The lowest BCUT2D eigenvalue weighted by molar-refractivity contribution is -0.137. The predicted molar refractivity (Wildman–Crippen MR) is 360 cm³/mol. The highest BCUT2D eigenvalue weighted by Crippen LogP contribution is 2.41. The van der Waals surface area contributed by atoms with Crippen molar-refractivity contribution in [3.8, 4) is 22.6 Å². The highest BCUT2D eigenvalue weighted by atomic mass is 35.5. The Kier molecular flexibility index (Phi) is 19.0. The molecule has 0 unspecified atom stereocenters. The Bertz CT molecular complexity index is 4210. The first-order valence-electron chi connectivity index (χ1n) is 29.9. The van der Waals surface area contributed by atoms with Gasteiger partial charge in [0.25, 0.3) is 0 Å². The van der Waals surface area contributed by atoms with Crippen LogP contribution in [0.4, 0.5) is 28.6 Å². The van der Waals surface area contributed by atoms with Crippen molar-refractivity contribution in [1.82, 2.24) is 60.1 Å². The third kappa shape index (κ3) is 13.4. The molecule has 8 aromatic rings. The van der Waals surface area contributed by atoms with Gasteiger partial charge < -0.3 is 29.9 Å². The fourth-order valence-corrected chi connectivity index (χ4v) is 15.4. The van der Waals surface area contributed by atoms with E-state index in [2.05, 4.69) is 40.4 Å². The van der Waals surface area contributed by atoms with Crippen LogP contribution in [0.25, 0.3) is 22.6 Å². The molecule has 0 bridgehead atoms. The number of fused-ring (bicyclic) bond motifs is 2. The number of pyridine rings is 2. The lowest BCUT2D eigenvalue weighted by Gasteiger charge is -2.38. The van der Waals surface area contributed by atoms with Gasteiger partial charge >= 0.3 is 24.0 Å². The number of nitrogens with zero attached hydrogens (tertiary/aromatic N) is 14. The summed E-state index contributed by atoms with van der Waals surface area (Å²) in [5.41, 5.74) is 6.15. The molecule has 12 heterocycles. The number of thiazole rings is 4. The zero-order chi connectivity index (χ0) is 67.1. The van der Waals surface area contributed by atoms with Crippen LogP contribution in [0.2, 0.25) is 10.0 Å². The summed E-state index contributed by atoms with van der Waals surface area (Å²) in [6, 6.07) is 12.7. The second kappa shape index (κ2) is 27.9. The minimum absolute atomic E-state index is 0.0661. The Labute approximate surface area is 573 Å². The summed E-state index contributed by atoms with van der Waals surface area (Å²) in [6.07, 6.45) is 6.46. The Balaban J connectivity index is 0.000000174. The monoisotopic (exact) mass is 1410 g/mol. The Morgan fingerprint density at radius 1 is 0.583 bits per heavy atom. The van der Waals surface area contributed by atoms with E-state index in [9.17, 15) is 37.5 Å². The van der Waals surface area contributed by atoms with E-state index in [-0.39, 0.29) is 56.9 Å². The summed E-state index contributed by atoms with van der Waals surface area (Å²) in [4.78, 5) is 125. The van der Waals surface area contributed by atoms with Crippen molar-refractivity contribution in [2.75, 3.05) is 89.5 Å². The molecule has 32 heteroatoms. The first kappa shape index (κ1) is 65.5. The number of ether oxygens (including phenoxy) is 2. The molecule has 6 aromatic heterocycles. The summed E-state index contributed by atoms with van der Waals surface area (Å²) >= 11 is 18.5. The van der Waals surface area contributed by atoms with Crippen LogP contribution in [0, 0.1) is 11.6 Å². The van der Waals surface area contributed by atoms with Crippen LogP contribution in [0.3, 0.4) is 0 Å². The number of halogens is 4. The first-order valence-corrected chi connectivity index (χ1v) is 34.2. The van der Waals surface area contributed by atoms with Crippen molar-refractivity contribution in [3.63, 3.8) is 0 Å².